The Labute approximate surface area is 343 Å². The summed E-state index contributed by atoms with van der Waals surface area (Å²) in [6.45, 7) is 6.31. The van der Waals surface area contributed by atoms with E-state index in [9.17, 15) is 14.4 Å². The van der Waals surface area contributed by atoms with Crippen LogP contribution >= 0.6 is 0 Å². The lowest BCUT2D eigenvalue weighted by molar-refractivity contribution is -0.167. The molecule has 6 heteroatoms. The third-order valence-electron chi connectivity index (χ3n) is 8.95. The third kappa shape index (κ3) is 41.5. The lowest BCUT2D eigenvalue weighted by Gasteiger charge is -2.18. The standard InChI is InChI=1S/C50H80O6/c1-4-7-10-13-16-19-22-24-25-26-29-31-34-37-40-43-49(52)55-46-47(45-54-48(51)42-39-36-33-30-27-21-18-15-12-9-6-3)56-50(53)44-41-38-35-32-28-23-20-17-14-11-8-5-2/h7,10,13,15-22,24-27,29,47H,4-6,8-9,11-12,14,23,28,30-46H2,1-3H3/b10-7-,16-13-,18-15-,20-17-,22-19-,25-24-,27-21-,29-26-. The van der Waals surface area contributed by atoms with Gasteiger partial charge < -0.3 is 14.2 Å². The minimum atomic E-state index is -0.808. The highest BCUT2D eigenvalue weighted by atomic mass is 16.6. The van der Waals surface area contributed by atoms with E-state index >= 15 is 0 Å². The zero-order valence-electron chi connectivity index (χ0n) is 35.9. The average Bonchev–Trinajstić information content (AvgIpc) is 3.19. The summed E-state index contributed by atoms with van der Waals surface area (Å²) in [5.41, 5.74) is 0. The Hall–Kier alpha value is -3.67. The van der Waals surface area contributed by atoms with E-state index in [0.29, 0.717) is 19.3 Å². The highest BCUT2D eigenvalue weighted by molar-refractivity contribution is 5.71. The summed E-state index contributed by atoms with van der Waals surface area (Å²) in [7, 11) is 0. The predicted octanol–water partition coefficient (Wildman–Crippen LogP) is 14.2. The third-order valence-corrected chi connectivity index (χ3v) is 8.95. The van der Waals surface area contributed by atoms with Crippen molar-refractivity contribution in [2.75, 3.05) is 13.2 Å². The smallest absolute Gasteiger partial charge is 0.306 e. The molecule has 0 aromatic carbocycles. The Morgan fingerprint density at radius 2 is 0.732 bits per heavy atom. The normalized spacial score (nSPS) is 13.0. The van der Waals surface area contributed by atoms with Crippen LogP contribution in [0.1, 0.15) is 181 Å². The maximum atomic E-state index is 12.7. The van der Waals surface area contributed by atoms with Gasteiger partial charge in [0.2, 0.25) is 0 Å². The number of carbonyl (C=O) groups is 3. The molecule has 0 saturated heterocycles. The van der Waals surface area contributed by atoms with Gasteiger partial charge in [0.1, 0.15) is 13.2 Å². The summed E-state index contributed by atoms with van der Waals surface area (Å²) in [5, 5.41) is 0. The van der Waals surface area contributed by atoms with Crippen molar-refractivity contribution >= 4 is 17.9 Å². The molecule has 0 amide bonds. The van der Waals surface area contributed by atoms with E-state index < -0.39 is 6.10 Å². The monoisotopic (exact) mass is 777 g/mol. The Morgan fingerprint density at radius 1 is 0.375 bits per heavy atom. The van der Waals surface area contributed by atoms with Gasteiger partial charge in [-0.2, -0.15) is 0 Å². The van der Waals surface area contributed by atoms with Crippen LogP contribution in [0.5, 0.6) is 0 Å². The van der Waals surface area contributed by atoms with Crippen molar-refractivity contribution in [1.29, 1.82) is 0 Å². The number of unbranched alkanes of at least 4 members (excludes halogenated alkanes) is 16. The molecule has 1 unspecified atom stereocenters. The van der Waals surface area contributed by atoms with Crippen LogP contribution in [0, 0.1) is 0 Å². The van der Waals surface area contributed by atoms with Crippen molar-refractivity contribution in [3.05, 3.63) is 97.2 Å². The van der Waals surface area contributed by atoms with E-state index in [1.54, 1.807) is 0 Å². The van der Waals surface area contributed by atoms with E-state index in [0.717, 1.165) is 96.3 Å². The molecule has 316 valence electrons. The molecule has 0 rings (SSSR count). The van der Waals surface area contributed by atoms with E-state index in [1.165, 1.54) is 44.9 Å². The maximum absolute atomic E-state index is 12.7. The van der Waals surface area contributed by atoms with E-state index in [1.807, 2.05) is 48.6 Å². The van der Waals surface area contributed by atoms with Crippen LogP contribution in [0.3, 0.4) is 0 Å². The van der Waals surface area contributed by atoms with Crippen LogP contribution in [0.25, 0.3) is 0 Å². The molecule has 0 aromatic heterocycles. The number of esters is 3. The first kappa shape index (κ1) is 52.3. The van der Waals surface area contributed by atoms with Crippen molar-refractivity contribution in [3.63, 3.8) is 0 Å². The second kappa shape index (κ2) is 44.0. The molecule has 0 heterocycles. The van der Waals surface area contributed by atoms with Gasteiger partial charge in [0.25, 0.3) is 0 Å². The zero-order chi connectivity index (χ0) is 40.8. The molecular weight excluding hydrogens is 697 g/mol. The largest absolute Gasteiger partial charge is 0.462 e. The molecule has 0 saturated carbocycles. The maximum Gasteiger partial charge on any atom is 0.306 e. The van der Waals surface area contributed by atoms with Crippen molar-refractivity contribution in [1.82, 2.24) is 0 Å². The number of rotatable bonds is 38. The number of ether oxygens (including phenoxy) is 3. The minimum absolute atomic E-state index is 0.111. The van der Waals surface area contributed by atoms with Gasteiger partial charge in [-0.05, 0) is 83.5 Å². The van der Waals surface area contributed by atoms with Gasteiger partial charge in [0.05, 0.1) is 0 Å². The summed E-state index contributed by atoms with van der Waals surface area (Å²) < 4.78 is 16.6. The lowest BCUT2D eigenvalue weighted by Crippen LogP contribution is -2.30. The highest BCUT2D eigenvalue weighted by Crippen LogP contribution is 2.12. The molecular formula is C50H80O6. The lowest BCUT2D eigenvalue weighted by atomic mass is 10.1. The summed E-state index contributed by atoms with van der Waals surface area (Å²) in [5.74, 6) is -1.000. The van der Waals surface area contributed by atoms with Gasteiger partial charge in [-0.25, -0.2) is 0 Å². The van der Waals surface area contributed by atoms with Gasteiger partial charge in [0.15, 0.2) is 6.10 Å². The number of carbonyl (C=O) groups excluding carboxylic acids is 3. The average molecular weight is 777 g/mol. The summed E-state index contributed by atoms with van der Waals surface area (Å²) in [4.78, 5) is 37.7. The fraction of sp³-hybridized carbons (Fsp3) is 0.620. The molecule has 0 aliphatic carbocycles. The zero-order valence-corrected chi connectivity index (χ0v) is 35.9. The fourth-order valence-corrected chi connectivity index (χ4v) is 5.55. The molecule has 0 fully saturated rings. The van der Waals surface area contributed by atoms with Crippen LogP contribution < -0.4 is 0 Å². The number of allylic oxidation sites excluding steroid dienone is 16. The first-order valence-corrected chi connectivity index (χ1v) is 22.3. The molecule has 56 heavy (non-hydrogen) atoms. The topological polar surface area (TPSA) is 78.9 Å². The Kier molecular flexibility index (Phi) is 41.2. The molecule has 1 atom stereocenters. The summed E-state index contributed by atoms with van der Waals surface area (Å²) in [6, 6.07) is 0. The molecule has 0 aromatic rings. The minimum Gasteiger partial charge on any atom is -0.462 e. The second-order valence-corrected chi connectivity index (χ2v) is 14.4. The molecule has 6 nitrogen and oxygen atoms in total. The number of hydrogen-bond acceptors (Lipinski definition) is 6. The SMILES string of the molecule is CC\C=C/C=C\C=C/C=C\C=C/CCCCCC(=O)OCC(COC(=O)CCCCC/C=C\C=C/CCCC)OC(=O)CCCCCCC/C=C\CCCCC. The van der Waals surface area contributed by atoms with Gasteiger partial charge in [-0.15, -0.1) is 0 Å². The molecule has 0 radical (unpaired) electrons. The molecule has 0 bridgehead atoms. The Balaban J connectivity index is 4.53. The van der Waals surface area contributed by atoms with Crippen LogP contribution in [0.15, 0.2) is 97.2 Å². The highest BCUT2D eigenvalue weighted by Gasteiger charge is 2.19. The van der Waals surface area contributed by atoms with Gasteiger partial charge >= 0.3 is 17.9 Å². The van der Waals surface area contributed by atoms with E-state index in [-0.39, 0.29) is 31.1 Å². The van der Waals surface area contributed by atoms with Crippen LogP contribution in [-0.2, 0) is 28.6 Å². The summed E-state index contributed by atoms with van der Waals surface area (Å²) in [6.07, 6.45) is 56.7. The number of hydrogen-bond donors (Lipinski definition) is 0. The van der Waals surface area contributed by atoms with E-state index in [4.69, 9.17) is 14.2 Å². The van der Waals surface area contributed by atoms with Gasteiger partial charge in [-0.3, -0.25) is 14.4 Å². The second-order valence-electron chi connectivity index (χ2n) is 14.4. The molecule has 0 spiro atoms. The predicted molar refractivity (Wildman–Crippen MR) is 237 cm³/mol. The summed E-state index contributed by atoms with van der Waals surface area (Å²) >= 11 is 0. The first-order valence-electron chi connectivity index (χ1n) is 22.3. The van der Waals surface area contributed by atoms with Gasteiger partial charge in [-0.1, -0.05) is 176 Å². The van der Waals surface area contributed by atoms with Crippen molar-refractivity contribution < 1.29 is 28.6 Å². The van der Waals surface area contributed by atoms with Crippen molar-refractivity contribution in [2.45, 2.75) is 187 Å². The fourth-order valence-electron chi connectivity index (χ4n) is 5.55. The van der Waals surface area contributed by atoms with Crippen LogP contribution in [0.2, 0.25) is 0 Å². The van der Waals surface area contributed by atoms with Crippen LogP contribution in [0.4, 0.5) is 0 Å². The first-order chi connectivity index (χ1) is 27.5. The Morgan fingerprint density at radius 3 is 1.23 bits per heavy atom. The van der Waals surface area contributed by atoms with Crippen molar-refractivity contribution in [3.8, 4) is 0 Å². The van der Waals surface area contributed by atoms with Crippen molar-refractivity contribution in [2.24, 2.45) is 0 Å². The quantitative estimate of drug-likeness (QED) is 0.0204. The molecule has 0 N–H and O–H groups in total. The molecule has 0 aliphatic heterocycles. The van der Waals surface area contributed by atoms with Gasteiger partial charge in [0, 0.05) is 19.3 Å². The molecule has 0 aliphatic rings. The Bertz CT molecular complexity index is 1170. The van der Waals surface area contributed by atoms with E-state index in [2.05, 4.69) is 69.4 Å². The van der Waals surface area contributed by atoms with Crippen LogP contribution in [-0.4, -0.2) is 37.2 Å².